The number of nitrogens with one attached hydrogen (secondary N) is 2. The molecule has 0 spiro atoms. The summed E-state index contributed by atoms with van der Waals surface area (Å²) in [5.41, 5.74) is 7.42. The molecular formula is C24H30ClN7O5. The highest BCUT2D eigenvalue weighted by atomic mass is 35.5. The second-order valence-corrected chi connectivity index (χ2v) is 8.93. The van der Waals surface area contributed by atoms with Gasteiger partial charge in [0.15, 0.2) is 10.8 Å². The van der Waals surface area contributed by atoms with Crippen LogP contribution in [0.1, 0.15) is 29.9 Å². The van der Waals surface area contributed by atoms with Crippen molar-refractivity contribution in [2.75, 3.05) is 20.3 Å². The van der Waals surface area contributed by atoms with Crippen molar-refractivity contribution in [1.29, 1.82) is 0 Å². The number of benzene rings is 2. The zero-order valence-electron chi connectivity index (χ0n) is 20.6. The fourth-order valence-corrected chi connectivity index (χ4v) is 3.25. The van der Waals surface area contributed by atoms with E-state index in [1.807, 2.05) is 42.5 Å². The number of halogens is 1. The lowest BCUT2D eigenvalue weighted by Gasteiger charge is -2.22. The Labute approximate surface area is 219 Å². The molecule has 3 rings (SSSR count). The number of para-hydroxylation sites is 1. The molecule has 0 radical (unpaired) electrons. The molecule has 0 saturated carbocycles. The second kappa shape index (κ2) is 13.5. The van der Waals surface area contributed by atoms with Crippen LogP contribution in [-0.2, 0) is 34.0 Å². The van der Waals surface area contributed by atoms with Gasteiger partial charge in [-0.15, -0.1) is 5.10 Å². The number of alkyl halides is 1. The SMILES string of the molecule is CNC(=O)OCc1ccccc1OCCn1nnnc1[C@@H](COCc1ccccc1)NC(=O)C(C)(N)Cl. The molecule has 0 aliphatic heterocycles. The first-order chi connectivity index (χ1) is 17.8. The topological polar surface area (TPSA) is 156 Å². The van der Waals surface area contributed by atoms with Crippen LogP contribution < -0.4 is 21.1 Å². The Morgan fingerprint density at radius 1 is 1.14 bits per heavy atom. The summed E-state index contributed by atoms with van der Waals surface area (Å²) < 4.78 is 18.3. The van der Waals surface area contributed by atoms with Crippen molar-refractivity contribution in [2.24, 2.45) is 5.73 Å². The molecule has 1 aromatic heterocycles. The Hall–Kier alpha value is -3.74. The van der Waals surface area contributed by atoms with Gasteiger partial charge in [0.05, 0.1) is 19.8 Å². The highest BCUT2D eigenvalue weighted by Gasteiger charge is 2.30. The molecule has 12 nitrogen and oxygen atoms in total. The van der Waals surface area contributed by atoms with E-state index < -0.39 is 23.0 Å². The van der Waals surface area contributed by atoms with E-state index >= 15 is 0 Å². The lowest BCUT2D eigenvalue weighted by Crippen LogP contribution is -2.49. The number of aromatic nitrogens is 4. The lowest BCUT2D eigenvalue weighted by atomic mass is 10.2. The standard InChI is InChI=1S/C24H30ClN7O5/c1-24(25,26)22(33)28-19(16-35-14-17-8-4-3-5-9-17)21-29-30-31-32(21)12-13-36-20-11-7-6-10-18(20)15-37-23(34)27-2/h3-11,19H,12-16,26H2,1-2H3,(H,27,34)(H,28,33)/t19-,24?/m1/s1. The third-order valence-corrected chi connectivity index (χ3v) is 5.28. The average molecular weight is 532 g/mol. The van der Waals surface area contributed by atoms with E-state index in [4.69, 9.17) is 31.5 Å². The van der Waals surface area contributed by atoms with Crippen molar-refractivity contribution < 1.29 is 23.8 Å². The van der Waals surface area contributed by atoms with Crippen LogP contribution in [-0.4, -0.2) is 57.5 Å². The maximum Gasteiger partial charge on any atom is 0.407 e. The molecule has 2 atom stereocenters. The zero-order chi connectivity index (χ0) is 26.7. The van der Waals surface area contributed by atoms with Crippen molar-refractivity contribution in [3.05, 3.63) is 71.5 Å². The number of carbonyl (C=O) groups is 2. The molecule has 3 aromatic rings. The van der Waals surface area contributed by atoms with Gasteiger partial charge in [0.1, 0.15) is 25.0 Å². The minimum Gasteiger partial charge on any atom is -0.491 e. The molecule has 0 fully saturated rings. The van der Waals surface area contributed by atoms with Crippen LogP contribution in [0.2, 0.25) is 0 Å². The van der Waals surface area contributed by atoms with Gasteiger partial charge in [0.2, 0.25) is 0 Å². The smallest absolute Gasteiger partial charge is 0.407 e. The third-order valence-electron chi connectivity index (χ3n) is 5.11. The second-order valence-electron chi connectivity index (χ2n) is 8.14. The number of hydrogen-bond donors (Lipinski definition) is 3. The summed E-state index contributed by atoms with van der Waals surface area (Å²) in [5.74, 6) is 0.304. The number of alkyl carbamates (subject to hydrolysis) is 1. The summed E-state index contributed by atoms with van der Waals surface area (Å²) in [6.45, 7) is 2.30. The third kappa shape index (κ3) is 8.70. The van der Waals surface area contributed by atoms with Crippen molar-refractivity contribution in [3.8, 4) is 5.75 Å². The number of nitrogens with two attached hydrogens (primary N) is 1. The zero-order valence-corrected chi connectivity index (χ0v) is 21.4. The van der Waals surface area contributed by atoms with Crippen molar-refractivity contribution in [1.82, 2.24) is 30.8 Å². The molecule has 1 unspecified atom stereocenters. The van der Waals surface area contributed by atoms with E-state index in [0.717, 1.165) is 5.56 Å². The van der Waals surface area contributed by atoms with Crippen molar-refractivity contribution in [2.45, 2.75) is 37.7 Å². The fraction of sp³-hybridized carbons (Fsp3) is 0.375. The highest BCUT2D eigenvalue weighted by Crippen LogP contribution is 2.19. The Kier molecular flexibility index (Phi) is 10.2. The molecule has 2 aromatic carbocycles. The molecule has 198 valence electrons. The van der Waals surface area contributed by atoms with Gasteiger partial charge in [-0.1, -0.05) is 60.1 Å². The molecule has 37 heavy (non-hydrogen) atoms. The highest BCUT2D eigenvalue weighted by molar-refractivity contribution is 6.34. The minimum atomic E-state index is -1.63. The Morgan fingerprint density at radius 3 is 2.59 bits per heavy atom. The van der Waals surface area contributed by atoms with E-state index in [0.29, 0.717) is 23.7 Å². The number of tetrazole rings is 1. The molecule has 13 heteroatoms. The Bertz CT molecular complexity index is 1150. The number of ether oxygens (including phenoxy) is 3. The van der Waals surface area contributed by atoms with Crippen molar-refractivity contribution >= 4 is 23.6 Å². The number of carbonyl (C=O) groups excluding carboxylic acids is 2. The Balaban J connectivity index is 1.65. The van der Waals surface area contributed by atoms with Gasteiger partial charge >= 0.3 is 6.09 Å². The van der Waals surface area contributed by atoms with Gasteiger partial charge in [-0.2, -0.15) is 0 Å². The van der Waals surface area contributed by atoms with Gasteiger partial charge in [0.25, 0.3) is 5.91 Å². The molecular weight excluding hydrogens is 502 g/mol. The summed E-state index contributed by atoms with van der Waals surface area (Å²) >= 11 is 5.99. The predicted octanol–water partition coefficient (Wildman–Crippen LogP) is 1.90. The first kappa shape index (κ1) is 27.8. The largest absolute Gasteiger partial charge is 0.491 e. The van der Waals surface area contributed by atoms with E-state index in [1.54, 1.807) is 12.1 Å². The maximum absolute atomic E-state index is 12.5. The summed E-state index contributed by atoms with van der Waals surface area (Å²) in [6.07, 6.45) is -0.541. The van der Waals surface area contributed by atoms with Gasteiger partial charge in [-0.25, -0.2) is 9.48 Å². The molecule has 0 saturated heterocycles. The van der Waals surface area contributed by atoms with E-state index in [2.05, 4.69) is 26.2 Å². The normalized spacial score (nSPS) is 13.3. The number of nitrogens with zero attached hydrogens (tertiary/aromatic N) is 4. The maximum atomic E-state index is 12.5. The van der Waals surface area contributed by atoms with Crippen LogP contribution in [0, 0.1) is 0 Å². The number of hydrogen-bond acceptors (Lipinski definition) is 9. The lowest BCUT2D eigenvalue weighted by molar-refractivity contribution is -0.124. The van der Waals surface area contributed by atoms with Gasteiger partial charge in [-0.05, 0) is 29.0 Å². The summed E-state index contributed by atoms with van der Waals surface area (Å²) in [4.78, 5) is 22.3. The minimum absolute atomic E-state index is 0.0507. The van der Waals surface area contributed by atoms with Crippen LogP contribution in [0.5, 0.6) is 5.75 Å². The molecule has 0 bridgehead atoms. The Morgan fingerprint density at radius 2 is 1.86 bits per heavy atom. The van der Waals surface area contributed by atoms with Crippen LogP contribution in [0.4, 0.5) is 4.79 Å². The number of rotatable bonds is 13. The summed E-state index contributed by atoms with van der Waals surface area (Å²) in [6, 6.07) is 16.1. The predicted molar refractivity (Wildman–Crippen MR) is 134 cm³/mol. The molecule has 1 heterocycles. The summed E-state index contributed by atoms with van der Waals surface area (Å²) in [5, 5.41) is 17.0. The van der Waals surface area contributed by atoms with Gasteiger partial charge in [-0.3, -0.25) is 4.79 Å². The van der Waals surface area contributed by atoms with Crippen LogP contribution in [0.25, 0.3) is 0 Å². The fourth-order valence-electron chi connectivity index (χ4n) is 3.19. The van der Waals surface area contributed by atoms with Gasteiger partial charge in [0, 0.05) is 12.6 Å². The first-order valence-electron chi connectivity index (χ1n) is 11.5. The van der Waals surface area contributed by atoms with Crippen LogP contribution in [0.3, 0.4) is 0 Å². The average Bonchev–Trinajstić information content (AvgIpc) is 3.35. The molecule has 0 aliphatic carbocycles. The molecule has 0 aliphatic rings. The van der Waals surface area contributed by atoms with E-state index in [1.165, 1.54) is 18.7 Å². The van der Waals surface area contributed by atoms with Gasteiger partial charge < -0.3 is 30.6 Å². The van der Waals surface area contributed by atoms with Crippen LogP contribution >= 0.6 is 11.6 Å². The molecule has 4 N–H and O–H groups in total. The quantitative estimate of drug-likeness (QED) is 0.221. The van der Waals surface area contributed by atoms with Crippen LogP contribution in [0.15, 0.2) is 54.6 Å². The van der Waals surface area contributed by atoms with E-state index in [-0.39, 0.29) is 26.4 Å². The first-order valence-corrected chi connectivity index (χ1v) is 11.9. The summed E-state index contributed by atoms with van der Waals surface area (Å²) in [7, 11) is 1.48. The monoisotopic (exact) mass is 531 g/mol. The van der Waals surface area contributed by atoms with Crippen molar-refractivity contribution in [3.63, 3.8) is 0 Å². The number of amides is 2. The molecule has 2 amide bonds. The van der Waals surface area contributed by atoms with E-state index in [9.17, 15) is 9.59 Å².